The summed E-state index contributed by atoms with van der Waals surface area (Å²) in [6, 6.07) is 13.9. The third-order valence-electron chi connectivity index (χ3n) is 2.90. The van der Waals surface area contributed by atoms with Gasteiger partial charge >= 0.3 is 0 Å². The fourth-order valence-corrected chi connectivity index (χ4v) is 1.93. The van der Waals surface area contributed by atoms with Crippen molar-refractivity contribution in [1.29, 1.82) is 0 Å². The van der Waals surface area contributed by atoms with Gasteiger partial charge in [-0.2, -0.15) is 0 Å². The highest BCUT2D eigenvalue weighted by Crippen LogP contribution is 2.13. The Bertz CT molecular complexity index is 857. The van der Waals surface area contributed by atoms with Crippen LogP contribution in [-0.2, 0) is 0 Å². The normalized spacial score (nSPS) is 11.5. The second-order valence-electron chi connectivity index (χ2n) is 4.27. The number of hydrogen-bond acceptors (Lipinski definition) is 5. The van der Waals surface area contributed by atoms with E-state index in [1.54, 1.807) is 48.7 Å². The molecule has 2 N–H and O–H groups in total. The molecular weight excluding hydrogens is 270 g/mol. The summed E-state index contributed by atoms with van der Waals surface area (Å²) in [5.41, 5.74) is 0.503. The van der Waals surface area contributed by atoms with Gasteiger partial charge in [0.05, 0.1) is 0 Å². The fraction of sp³-hybridized carbons (Fsp3) is 0. The smallest absolute Gasteiger partial charge is 0.268 e. The van der Waals surface area contributed by atoms with E-state index in [1.165, 1.54) is 0 Å². The van der Waals surface area contributed by atoms with E-state index in [2.05, 4.69) is 15.5 Å². The number of benzene rings is 1. The number of nitrogens with zero attached hydrogens (tertiary/aromatic N) is 2. The molecule has 3 rings (SSSR count). The lowest BCUT2D eigenvalue weighted by Crippen LogP contribution is -2.22. The highest BCUT2D eigenvalue weighted by Gasteiger charge is 2.13. The molecule has 0 saturated carbocycles. The van der Waals surface area contributed by atoms with Crippen LogP contribution < -0.4 is 10.9 Å². The van der Waals surface area contributed by atoms with Crippen LogP contribution in [0.5, 0.6) is 0 Å². The SMILES string of the molecule is O=C(Nc1ccccn1)c1cc2ccccc2o/c1=N\O. The van der Waals surface area contributed by atoms with Crippen LogP contribution in [0.25, 0.3) is 11.0 Å². The largest absolute Gasteiger partial charge is 0.435 e. The standard InChI is InChI=1S/C15H11N3O3/c19-14(17-13-7-3-4-8-16-13)11-9-10-5-1-2-6-12(10)21-15(11)18-20/h1-9,20H,(H,16,17,19)/b18-15-. The van der Waals surface area contributed by atoms with E-state index in [1.807, 2.05) is 6.07 Å². The molecular formula is C15H11N3O3. The van der Waals surface area contributed by atoms with Crippen molar-refractivity contribution >= 4 is 22.7 Å². The third kappa shape index (κ3) is 2.59. The van der Waals surface area contributed by atoms with E-state index in [0.29, 0.717) is 11.4 Å². The van der Waals surface area contributed by atoms with Gasteiger partial charge in [-0.05, 0) is 29.4 Å². The van der Waals surface area contributed by atoms with Crippen molar-refractivity contribution in [2.75, 3.05) is 5.32 Å². The number of anilines is 1. The Balaban J connectivity index is 2.05. The molecule has 1 amide bonds. The lowest BCUT2D eigenvalue weighted by atomic mass is 10.2. The molecule has 0 bridgehead atoms. The van der Waals surface area contributed by atoms with Gasteiger partial charge in [-0.15, -0.1) is 0 Å². The van der Waals surface area contributed by atoms with Crippen molar-refractivity contribution in [3.8, 4) is 0 Å². The first-order chi connectivity index (χ1) is 10.3. The summed E-state index contributed by atoms with van der Waals surface area (Å²) in [6.07, 6.45) is 1.57. The first-order valence-electron chi connectivity index (χ1n) is 6.21. The monoisotopic (exact) mass is 281 g/mol. The van der Waals surface area contributed by atoms with Gasteiger partial charge in [-0.25, -0.2) is 4.98 Å². The summed E-state index contributed by atoms with van der Waals surface area (Å²) >= 11 is 0. The molecule has 0 aliphatic rings. The van der Waals surface area contributed by atoms with Gasteiger partial charge in [0.15, 0.2) is 0 Å². The molecule has 2 aromatic heterocycles. The molecule has 0 saturated heterocycles. The maximum Gasteiger partial charge on any atom is 0.268 e. The van der Waals surface area contributed by atoms with Gasteiger partial charge in [0.1, 0.15) is 17.0 Å². The van der Waals surface area contributed by atoms with Crippen molar-refractivity contribution in [3.05, 3.63) is 65.8 Å². The first kappa shape index (κ1) is 12.9. The number of rotatable bonds is 2. The maximum atomic E-state index is 12.3. The highest BCUT2D eigenvalue weighted by molar-refractivity contribution is 6.04. The number of nitrogens with one attached hydrogen (secondary N) is 1. The van der Waals surface area contributed by atoms with Crippen molar-refractivity contribution in [2.24, 2.45) is 5.16 Å². The van der Waals surface area contributed by atoms with Gasteiger partial charge in [0.2, 0.25) is 0 Å². The van der Waals surface area contributed by atoms with E-state index < -0.39 is 5.91 Å². The molecule has 0 radical (unpaired) electrons. The zero-order valence-electron chi connectivity index (χ0n) is 10.9. The van der Waals surface area contributed by atoms with Gasteiger partial charge < -0.3 is 14.9 Å². The van der Waals surface area contributed by atoms with E-state index >= 15 is 0 Å². The second kappa shape index (κ2) is 5.46. The average molecular weight is 281 g/mol. The van der Waals surface area contributed by atoms with Gasteiger partial charge in [-0.3, -0.25) is 4.79 Å². The number of pyridine rings is 1. The number of fused-ring (bicyclic) bond motifs is 1. The Kier molecular flexibility index (Phi) is 3.34. The summed E-state index contributed by atoms with van der Waals surface area (Å²) in [5.74, 6) is -0.0597. The van der Waals surface area contributed by atoms with Crippen LogP contribution in [0, 0.1) is 0 Å². The number of para-hydroxylation sites is 1. The van der Waals surface area contributed by atoms with Gasteiger partial charge in [0, 0.05) is 11.6 Å². The molecule has 1 aromatic carbocycles. The van der Waals surface area contributed by atoms with Gasteiger partial charge in [0.25, 0.3) is 11.5 Å². The molecule has 0 aliphatic heterocycles. The van der Waals surface area contributed by atoms with Crippen molar-refractivity contribution < 1.29 is 14.4 Å². The number of aromatic nitrogens is 1. The molecule has 0 spiro atoms. The van der Waals surface area contributed by atoms with E-state index in [9.17, 15) is 4.79 Å². The maximum absolute atomic E-state index is 12.3. The fourth-order valence-electron chi connectivity index (χ4n) is 1.93. The second-order valence-corrected chi connectivity index (χ2v) is 4.27. The van der Waals surface area contributed by atoms with Crippen LogP contribution >= 0.6 is 0 Å². The van der Waals surface area contributed by atoms with Crippen LogP contribution in [0.2, 0.25) is 0 Å². The Labute approximate surface area is 119 Å². The molecule has 0 aliphatic carbocycles. The van der Waals surface area contributed by atoms with Crippen molar-refractivity contribution in [3.63, 3.8) is 0 Å². The predicted molar refractivity (Wildman–Crippen MR) is 75.8 cm³/mol. The average Bonchev–Trinajstić information content (AvgIpc) is 2.54. The van der Waals surface area contributed by atoms with Crippen LogP contribution in [0.4, 0.5) is 5.82 Å². The lowest BCUT2D eigenvalue weighted by Gasteiger charge is -2.05. The minimum atomic E-state index is -0.462. The zero-order chi connectivity index (χ0) is 14.7. The Morgan fingerprint density at radius 3 is 2.76 bits per heavy atom. The summed E-state index contributed by atoms with van der Waals surface area (Å²) in [7, 11) is 0. The summed E-state index contributed by atoms with van der Waals surface area (Å²) in [5, 5.41) is 15.4. The Morgan fingerprint density at radius 1 is 1.19 bits per heavy atom. The molecule has 0 fully saturated rings. The topological polar surface area (TPSA) is 87.7 Å². The van der Waals surface area contributed by atoms with Crippen molar-refractivity contribution in [2.45, 2.75) is 0 Å². The minimum absolute atomic E-state index is 0.127. The van der Waals surface area contributed by atoms with E-state index in [0.717, 1.165) is 5.39 Å². The van der Waals surface area contributed by atoms with Crippen LogP contribution in [0.15, 0.2) is 64.3 Å². The molecule has 6 nitrogen and oxygen atoms in total. The highest BCUT2D eigenvalue weighted by atomic mass is 16.5. The minimum Gasteiger partial charge on any atom is -0.435 e. The molecule has 0 unspecified atom stereocenters. The molecule has 0 atom stereocenters. The predicted octanol–water partition coefficient (Wildman–Crippen LogP) is 2.37. The van der Waals surface area contributed by atoms with Crippen molar-refractivity contribution in [1.82, 2.24) is 4.98 Å². The molecule has 2 heterocycles. The lowest BCUT2D eigenvalue weighted by molar-refractivity contribution is 0.102. The number of carbonyl (C=O) groups excluding carboxylic acids is 1. The number of amides is 1. The summed E-state index contributed by atoms with van der Waals surface area (Å²) in [6.45, 7) is 0. The molecule has 6 heteroatoms. The van der Waals surface area contributed by atoms with Crippen LogP contribution in [0.3, 0.4) is 0 Å². The molecule has 3 aromatic rings. The van der Waals surface area contributed by atoms with Crippen LogP contribution in [-0.4, -0.2) is 16.1 Å². The first-order valence-corrected chi connectivity index (χ1v) is 6.21. The van der Waals surface area contributed by atoms with E-state index in [4.69, 9.17) is 9.62 Å². The molecule has 104 valence electrons. The Morgan fingerprint density at radius 2 is 2.00 bits per heavy atom. The Hall–Kier alpha value is -3.15. The van der Waals surface area contributed by atoms with Crippen LogP contribution in [0.1, 0.15) is 10.4 Å². The summed E-state index contributed by atoms with van der Waals surface area (Å²) in [4.78, 5) is 16.3. The van der Waals surface area contributed by atoms with Gasteiger partial charge in [-0.1, -0.05) is 24.3 Å². The quantitative estimate of drug-likeness (QED) is 0.557. The zero-order valence-corrected chi connectivity index (χ0v) is 10.9. The summed E-state index contributed by atoms with van der Waals surface area (Å²) < 4.78 is 5.40. The molecule has 21 heavy (non-hydrogen) atoms. The third-order valence-corrected chi connectivity index (χ3v) is 2.90. The number of carbonyl (C=O) groups is 1. The number of hydrogen-bond donors (Lipinski definition) is 2. The van der Waals surface area contributed by atoms with E-state index in [-0.39, 0.29) is 11.1 Å².